The zero-order valence-corrected chi connectivity index (χ0v) is 18.5. The molecule has 3 aliphatic rings. The van der Waals surface area contributed by atoms with Crippen molar-refractivity contribution in [2.45, 2.75) is 44.6 Å². The molecule has 2 aromatic rings. The van der Waals surface area contributed by atoms with Crippen LogP contribution >= 0.6 is 0 Å². The zero-order valence-electron chi connectivity index (χ0n) is 17.5. The first kappa shape index (κ1) is 19.6. The second kappa shape index (κ2) is 7.62. The lowest BCUT2D eigenvalue weighted by molar-refractivity contribution is -0.0382. The number of piperidine rings is 3. The molecule has 0 N–H and O–H groups in total. The van der Waals surface area contributed by atoms with Crippen molar-refractivity contribution < 1.29 is 9.16 Å². The maximum atomic E-state index is 6.87. The number of benzene rings is 1. The third-order valence-electron chi connectivity index (χ3n) is 6.27. The molecule has 4 heterocycles. The summed E-state index contributed by atoms with van der Waals surface area (Å²) in [4.78, 5) is 7.23. The van der Waals surface area contributed by atoms with Crippen LogP contribution in [-0.4, -0.2) is 44.4 Å². The number of hydrogen-bond acceptors (Lipinski definition) is 4. The van der Waals surface area contributed by atoms with E-state index >= 15 is 0 Å². The molecule has 0 aliphatic carbocycles. The van der Waals surface area contributed by atoms with E-state index in [1.54, 1.807) is 7.11 Å². The van der Waals surface area contributed by atoms with Crippen molar-refractivity contribution in [2.75, 3.05) is 20.2 Å². The molecule has 4 nitrogen and oxygen atoms in total. The number of pyridine rings is 1. The summed E-state index contributed by atoms with van der Waals surface area (Å²) in [6, 6.07) is 8.71. The van der Waals surface area contributed by atoms with Crippen molar-refractivity contribution in [1.82, 2.24) is 9.88 Å². The van der Waals surface area contributed by atoms with Crippen LogP contribution < -0.4 is 4.74 Å². The summed E-state index contributed by atoms with van der Waals surface area (Å²) >= 11 is 0. The van der Waals surface area contributed by atoms with Gasteiger partial charge in [0.15, 0.2) is 8.32 Å². The van der Waals surface area contributed by atoms with E-state index in [4.69, 9.17) is 9.16 Å². The number of hydrogen-bond donors (Lipinski definition) is 0. The minimum Gasteiger partial charge on any atom is -0.497 e. The zero-order chi connectivity index (χ0) is 19.9. The number of methoxy groups -OCH3 is 1. The fourth-order valence-corrected chi connectivity index (χ4v) is 5.99. The van der Waals surface area contributed by atoms with Crippen LogP contribution in [0, 0.1) is 11.8 Å². The SMILES string of the molecule is C=C[C@@H]1CN2CC[C@H]1C[C@H]2[C@H](O[Si](C)(C)C)c1ccnc2ccc(OC)cc12. The van der Waals surface area contributed by atoms with Crippen molar-refractivity contribution in [2.24, 2.45) is 11.8 Å². The van der Waals surface area contributed by atoms with Crippen LogP contribution in [0.3, 0.4) is 0 Å². The summed E-state index contributed by atoms with van der Waals surface area (Å²) in [7, 11) is -0.0309. The molecular formula is C23H32N2O2Si. The lowest BCUT2D eigenvalue weighted by Gasteiger charge is -2.52. The largest absolute Gasteiger partial charge is 0.497 e. The summed E-state index contributed by atoms with van der Waals surface area (Å²) < 4.78 is 12.4. The molecule has 1 aromatic heterocycles. The van der Waals surface area contributed by atoms with Gasteiger partial charge in [-0.2, -0.15) is 0 Å². The molecule has 0 spiro atoms. The van der Waals surface area contributed by atoms with Gasteiger partial charge in [0.25, 0.3) is 0 Å². The molecule has 0 radical (unpaired) electrons. The fourth-order valence-electron chi connectivity index (χ4n) is 4.94. The minimum absolute atomic E-state index is 0.0674. The molecule has 3 fully saturated rings. The maximum Gasteiger partial charge on any atom is 0.184 e. The smallest absolute Gasteiger partial charge is 0.184 e. The topological polar surface area (TPSA) is 34.6 Å². The average Bonchev–Trinajstić information content (AvgIpc) is 2.70. The first-order chi connectivity index (χ1) is 13.4. The fraction of sp³-hybridized carbons (Fsp3) is 0.522. The van der Waals surface area contributed by atoms with Gasteiger partial charge >= 0.3 is 0 Å². The molecule has 5 heteroatoms. The Kier molecular flexibility index (Phi) is 5.34. The molecule has 3 aliphatic heterocycles. The lowest BCUT2D eigenvalue weighted by Crippen LogP contribution is -2.56. The number of nitrogens with zero attached hydrogens (tertiary/aromatic N) is 2. The molecular weight excluding hydrogens is 364 g/mol. The van der Waals surface area contributed by atoms with Gasteiger partial charge in [0.1, 0.15) is 5.75 Å². The van der Waals surface area contributed by atoms with E-state index in [9.17, 15) is 0 Å². The van der Waals surface area contributed by atoms with Gasteiger partial charge in [-0.3, -0.25) is 9.88 Å². The standard InChI is InChI=1S/C23H32N2O2Si/c1-6-16-15-25-12-10-17(16)13-22(25)23(27-28(3,4)5)19-9-11-24-21-8-7-18(26-2)14-20(19)21/h6-9,11,14,16-17,22-23H,1,10,12-13,15H2,2-5H3/t16-,17+,22+,23-/m1/s1. The third-order valence-corrected chi connectivity index (χ3v) is 7.23. The van der Waals surface area contributed by atoms with E-state index in [0.717, 1.165) is 35.7 Å². The Balaban J connectivity index is 1.78. The Morgan fingerprint density at radius 3 is 2.75 bits per heavy atom. The average molecular weight is 397 g/mol. The van der Waals surface area contributed by atoms with Crippen molar-refractivity contribution in [1.29, 1.82) is 0 Å². The highest BCUT2D eigenvalue weighted by molar-refractivity contribution is 6.69. The van der Waals surface area contributed by atoms with E-state index < -0.39 is 8.32 Å². The molecule has 5 rings (SSSR count). The number of ether oxygens (including phenoxy) is 1. The van der Waals surface area contributed by atoms with Gasteiger partial charge in [-0.15, -0.1) is 6.58 Å². The molecule has 3 saturated heterocycles. The monoisotopic (exact) mass is 396 g/mol. The summed E-state index contributed by atoms with van der Waals surface area (Å²) in [6.07, 6.45) is 6.61. The van der Waals surface area contributed by atoms with Crippen LogP contribution in [-0.2, 0) is 4.43 Å². The van der Waals surface area contributed by atoms with E-state index in [2.05, 4.69) is 54.3 Å². The number of rotatable bonds is 6. The van der Waals surface area contributed by atoms with Crippen molar-refractivity contribution in [3.05, 3.63) is 48.7 Å². The quantitative estimate of drug-likeness (QED) is 0.506. The summed E-state index contributed by atoms with van der Waals surface area (Å²) in [6.45, 7) is 13.2. The Bertz CT molecular complexity index is 863. The van der Waals surface area contributed by atoms with Gasteiger partial charge in [0.05, 0.1) is 18.7 Å². The van der Waals surface area contributed by atoms with Gasteiger partial charge in [-0.1, -0.05) is 6.08 Å². The van der Waals surface area contributed by atoms with Crippen LogP contribution in [0.1, 0.15) is 24.5 Å². The van der Waals surface area contributed by atoms with Gasteiger partial charge < -0.3 is 9.16 Å². The normalized spacial score (nSPS) is 28.3. The maximum absolute atomic E-state index is 6.87. The van der Waals surface area contributed by atoms with E-state index in [1.165, 1.54) is 18.4 Å². The molecule has 0 amide bonds. The Labute approximate surface area is 169 Å². The Morgan fingerprint density at radius 1 is 1.29 bits per heavy atom. The summed E-state index contributed by atoms with van der Waals surface area (Å²) in [5, 5.41) is 1.15. The second-order valence-corrected chi connectivity index (χ2v) is 13.6. The number of fused-ring (bicyclic) bond motifs is 4. The Hall–Kier alpha value is -1.69. The highest BCUT2D eigenvalue weighted by Gasteiger charge is 2.44. The first-order valence-electron chi connectivity index (χ1n) is 10.4. The van der Waals surface area contributed by atoms with Crippen LogP contribution in [0.25, 0.3) is 10.9 Å². The highest BCUT2D eigenvalue weighted by Crippen LogP contribution is 2.44. The molecule has 150 valence electrons. The molecule has 2 bridgehead atoms. The third kappa shape index (κ3) is 3.75. The predicted molar refractivity (Wildman–Crippen MR) is 117 cm³/mol. The van der Waals surface area contributed by atoms with Crippen molar-refractivity contribution in [3.63, 3.8) is 0 Å². The summed E-state index contributed by atoms with van der Waals surface area (Å²) in [5.74, 6) is 2.21. The minimum atomic E-state index is -1.75. The predicted octanol–water partition coefficient (Wildman–Crippen LogP) is 5.03. The van der Waals surface area contributed by atoms with Gasteiger partial charge in [-0.25, -0.2) is 0 Å². The van der Waals surface area contributed by atoms with Crippen molar-refractivity contribution in [3.8, 4) is 5.75 Å². The first-order valence-corrected chi connectivity index (χ1v) is 13.8. The van der Waals surface area contributed by atoms with Crippen molar-refractivity contribution >= 4 is 19.2 Å². The van der Waals surface area contributed by atoms with Gasteiger partial charge in [0.2, 0.25) is 0 Å². The number of aromatic nitrogens is 1. The van der Waals surface area contributed by atoms with E-state index in [-0.39, 0.29) is 6.10 Å². The van der Waals surface area contributed by atoms with E-state index in [0.29, 0.717) is 12.0 Å². The van der Waals surface area contributed by atoms with Gasteiger partial charge in [-0.05, 0) is 80.7 Å². The van der Waals surface area contributed by atoms with Crippen LogP contribution in [0.2, 0.25) is 19.6 Å². The van der Waals surface area contributed by atoms with E-state index in [1.807, 2.05) is 18.3 Å². The van der Waals surface area contributed by atoms with Crippen LogP contribution in [0.5, 0.6) is 5.75 Å². The molecule has 5 atom stereocenters. The lowest BCUT2D eigenvalue weighted by atomic mass is 9.73. The highest BCUT2D eigenvalue weighted by atomic mass is 28.4. The summed E-state index contributed by atoms with van der Waals surface area (Å²) in [5.41, 5.74) is 2.25. The van der Waals surface area contributed by atoms with Crippen LogP contribution in [0.4, 0.5) is 0 Å². The van der Waals surface area contributed by atoms with Crippen LogP contribution in [0.15, 0.2) is 43.1 Å². The second-order valence-electron chi connectivity index (χ2n) is 9.18. The molecule has 28 heavy (non-hydrogen) atoms. The Morgan fingerprint density at radius 2 is 2.11 bits per heavy atom. The molecule has 1 aromatic carbocycles. The molecule has 0 saturated carbocycles. The molecule has 1 unspecified atom stereocenters. The van der Waals surface area contributed by atoms with Gasteiger partial charge in [0, 0.05) is 24.2 Å².